The van der Waals surface area contributed by atoms with Gasteiger partial charge in [-0.1, -0.05) is 27.7 Å². The molecule has 2 rings (SSSR count). The van der Waals surface area contributed by atoms with Gasteiger partial charge in [0, 0.05) is 31.7 Å². The molecule has 2 heterocycles. The third-order valence-electron chi connectivity index (χ3n) is 4.97. The van der Waals surface area contributed by atoms with E-state index in [1.54, 1.807) is 0 Å². The van der Waals surface area contributed by atoms with Crippen LogP contribution in [0, 0.1) is 23.7 Å². The summed E-state index contributed by atoms with van der Waals surface area (Å²) in [4.78, 5) is 15.0. The molecule has 0 aromatic carbocycles. The summed E-state index contributed by atoms with van der Waals surface area (Å²) < 4.78 is 5.41. The van der Waals surface area contributed by atoms with Crippen molar-refractivity contribution in [2.24, 2.45) is 23.7 Å². The van der Waals surface area contributed by atoms with E-state index in [0.29, 0.717) is 29.7 Å². The lowest BCUT2D eigenvalue weighted by Crippen LogP contribution is -2.44. The van der Waals surface area contributed by atoms with Crippen molar-refractivity contribution in [3.8, 4) is 0 Å². The Labute approximate surface area is 117 Å². The smallest absolute Gasteiger partial charge is 0.225 e. The lowest BCUT2D eigenvalue weighted by molar-refractivity contribution is -0.139. The highest BCUT2D eigenvalue weighted by Gasteiger charge is 2.38. The van der Waals surface area contributed by atoms with Gasteiger partial charge < -0.3 is 9.64 Å². The maximum absolute atomic E-state index is 12.8. The lowest BCUT2D eigenvalue weighted by atomic mass is 9.86. The highest BCUT2D eigenvalue weighted by atomic mass is 16.5. The quantitative estimate of drug-likeness (QED) is 0.787. The molecule has 110 valence electrons. The molecule has 0 aliphatic carbocycles. The van der Waals surface area contributed by atoms with Crippen molar-refractivity contribution < 1.29 is 9.53 Å². The summed E-state index contributed by atoms with van der Waals surface area (Å²) in [6, 6.07) is 0.449. The molecule has 2 unspecified atom stereocenters. The molecule has 0 spiro atoms. The monoisotopic (exact) mass is 267 g/mol. The van der Waals surface area contributed by atoms with Crippen LogP contribution in [0.1, 0.15) is 47.0 Å². The van der Waals surface area contributed by atoms with Crippen LogP contribution in [0.5, 0.6) is 0 Å². The Morgan fingerprint density at radius 1 is 1.21 bits per heavy atom. The highest BCUT2D eigenvalue weighted by molar-refractivity contribution is 5.79. The maximum atomic E-state index is 12.8. The minimum atomic E-state index is 0.162. The molecule has 0 saturated carbocycles. The first kappa shape index (κ1) is 14.8. The van der Waals surface area contributed by atoms with Crippen LogP contribution in [-0.2, 0) is 9.53 Å². The minimum Gasteiger partial charge on any atom is -0.381 e. The van der Waals surface area contributed by atoms with Crippen LogP contribution in [-0.4, -0.2) is 36.6 Å². The highest BCUT2D eigenvalue weighted by Crippen LogP contribution is 2.32. The van der Waals surface area contributed by atoms with Gasteiger partial charge in [-0.2, -0.15) is 0 Å². The van der Waals surface area contributed by atoms with Gasteiger partial charge in [-0.25, -0.2) is 0 Å². The van der Waals surface area contributed by atoms with Crippen molar-refractivity contribution in [2.75, 3.05) is 19.8 Å². The van der Waals surface area contributed by atoms with E-state index in [2.05, 4.69) is 32.6 Å². The first-order valence-electron chi connectivity index (χ1n) is 7.89. The molecule has 0 aromatic rings. The number of hydrogen-bond acceptors (Lipinski definition) is 2. The third kappa shape index (κ3) is 3.31. The summed E-state index contributed by atoms with van der Waals surface area (Å²) >= 11 is 0. The fraction of sp³-hybridized carbons (Fsp3) is 0.938. The summed E-state index contributed by atoms with van der Waals surface area (Å²) in [6.07, 6.45) is 3.26. The lowest BCUT2D eigenvalue weighted by Gasteiger charge is -2.34. The van der Waals surface area contributed by atoms with Gasteiger partial charge in [0.25, 0.3) is 0 Å². The zero-order valence-corrected chi connectivity index (χ0v) is 12.9. The van der Waals surface area contributed by atoms with Gasteiger partial charge in [-0.05, 0) is 37.0 Å². The average Bonchev–Trinajstić information content (AvgIpc) is 2.80. The predicted molar refractivity (Wildman–Crippen MR) is 76.8 cm³/mol. The van der Waals surface area contributed by atoms with Crippen molar-refractivity contribution in [3.05, 3.63) is 0 Å². The molecule has 0 N–H and O–H groups in total. The number of rotatable bonds is 3. The van der Waals surface area contributed by atoms with E-state index in [1.807, 2.05) is 0 Å². The number of hydrogen-bond donors (Lipinski definition) is 0. The molecule has 2 fully saturated rings. The molecule has 2 aliphatic rings. The summed E-state index contributed by atoms with van der Waals surface area (Å²) in [6.45, 7) is 11.5. The molecule has 19 heavy (non-hydrogen) atoms. The van der Waals surface area contributed by atoms with Crippen molar-refractivity contribution in [1.29, 1.82) is 0 Å². The molecule has 3 atom stereocenters. The number of likely N-dealkylation sites (tertiary alicyclic amines) is 1. The molecular formula is C16H29NO2. The van der Waals surface area contributed by atoms with Gasteiger partial charge in [-0.3, -0.25) is 4.79 Å². The van der Waals surface area contributed by atoms with Crippen LogP contribution >= 0.6 is 0 Å². The van der Waals surface area contributed by atoms with E-state index in [4.69, 9.17) is 4.74 Å². The van der Waals surface area contributed by atoms with Crippen LogP contribution in [0.3, 0.4) is 0 Å². The van der Waals surface area contributed by atoms with Crippen LogP contribution in [0.2, 0.25) is 0 Å². The van der Waals surface area contributed by atoms with E-state index in [9.17, 15) is 4.79 Å². The fourth-order valence-electron chi connectivity index (χ4n) is 3.65. The number of amides is 1. The van der Waals surface area contributed by atoms with E-state index in [1.165, 1.54) is 6.42 Å². The average molecular weight is 267 g/mol. The predicted octanol–water partition coefficient (Wildman–Crippen LogP) is 2.94. The number of carbonyl (C=O) groups is 1. The zero-order valence-electron chi connectivity index (χ0n) is 12.9. The van der Waals surface area contributed by atoms with Gasteiger partial charge >= 0.3 is 0 Å². The SMILES string of the molecule is CC1C[C@@H](C(C)C)N(C(=O)C(C)C2CCOCC2)C1. The van der Waals surface area contributed by atoms with E-state index >= 15 is 0 Å². The fourth-order valence-corrected chi connectivity index (χ4v) is 3.65. The van der Waals surface area contributed by atoms with Gasteiger partial charge in [0.15, 0.2) is 0 Å². The van der Waals surface area contributed by atoms with Crippen molar-refractivity contribution >= 4 is 5.91 Å². The Kier molecular flexibility index (Phi) is 4.88. The second-order valence-corrected chi connectivity index (χ2v) is 6.88. The normalized spacial score (nSPS) is 30.9. The topological polar surface area (TPSA) is 29.5 Å². The third-order valence-corrected chi connectivity index (χ3v) is 4.97. The van der Waals surface area contributed by atoms with Gasteiger partial charge in [-0.15, -0.1) is 0 Å². The first-order valence-corrected chi connectivity index (χ1v) is 7.89. The van der Waals surface area contributed by atoms with Crippen LogP contribution in [0.25, 0.3) is 0 Å². The molecule has 3 heteroatoms. The van der Waals surface area contributed by atoms with Crippen molar-refractivity contribution in [1.82, 2.24) is 4.90 Å². The molecular weight excluding hydrogens is 238 g/mol. The van der Waals surface area contributed by atoms with Gasteiger partial charge in [0.05, 0.1) is 0 Å². The molecule has 0 bridgehead atoms. The van der Waals surface area contributed by atoms with Crippen molar-refractivity contribution in [3.63, 3.8) is 0 Å². The van der Waals surface area contributed by atoms with Crippen molar-refractivity contribution in [2.45, 2.75) is 53.0 Å². The zero-order chi connectivity index (χ0) is 14.0. The number of nitrogens with zero attached hydrogens (tertiary/aromatic N) is 1. The summed E-state index contributed by atoms with van der Waals surface area (Å²) in [7, 11) is 0. The maximum Gasteiger partial charge on any atom is 0.225 e. The first-order chi connectivity index (χ1) is 9.00. The Morgan fingerprint density at radius 2 is 1.84 bits per heavy atom. The van der Waals surface area contributed by atoms with E-state index in [0.717, 1.165) is 32.6 Å². The summed E-state index contributed by atoms with van der Waals surface area (Å²) in [5, 5.41) is 0. The molecule has 1 amide bonds. The molecule has 0 aromatic heterocycles. The standard InChI is InChI=1S/C16H29NO2/c1-11(2)15-9-12(3)10-17(15)16(18)13(4)14-5-7-19-8-6-14/h11-15H,5-10H2,1-4H3/t12?,13?,15-/m0/s1. The van der Waals surface area contributed by atoms with Crippen LogP contribution < -0.4 is 0 Å². The largest absolute Gasteiger partial charge is 0.381 e. The Balaban J connectivity index is 2.00. The molecule has 0 radical (unpaired) electrons. The Morgan fingerprint density at radius 3 is 2.42 bits per heavy atom. The summed E-state index contributed by atoms with van der Waals surface area (Å²) in [5.41, 5.74) is 0. The van der Waals surface area contributed by atoms with E-state index < -0.39 is 0 Å². The molecule has 3 nitrogen and oxygen atoms in total. The van der Waals surface area contributed by atoms with Crippen LogP contribution in [0.4, 0.5) is 0 Å². The Bertz CT molecular complexity index is 310. The van der Waals surface area contributed by atoms with Crippen LogP contribution in [0.15, 0.2) is 0 Å². The van der Waals surface area contributed by atoms with Gasteiger partial charge in [0.1, 0.15) is 0 Å². The van der Waals surface area contributed by atoms with Gasteiger partial charge in [0.2, 0.25) is 5.91 Å². The molecule has 2 saturated heterocycles. The second kappa shape index (κ2) is 6.25. The minimum absolute atomic E-state index is 0.162. The van der Waals surface area contributed by atoms with E-state index in [-0.39, 0.29) is 5.92 Å². The number of carbonyl (C=O) groups excluding carboxylic acids is 1. The number of ether oxygens (including phenoxy) is 1. The molecule has 2 aliphatic heterocycles. The Hall–Kier alpha value is -0.570. The summed E-state index contributed by atoms with van der Waals surface area (Å²) in [5.74, 6) is 2.28. The second-order valence-electron chi connectivity index (χ2n) is 6.88.